The molecule has 7 heteroatoms. The van der Waals surface area contributed by atoms with Crippen molar-refractivity contribution >= 4 is 23.2 Å². The van der Waals surface area contributed by atoms with E-state index in [9.17, 15) is 9.59 Å². The number of aryl methyl sites for hydroxylation is 1. The van der Waals surface area contributed by atoms with Crippen molar-refractivity contribution in [1.29, 1.82) is 0 Å². The molecule has 128 valence electrons. The van der Waals surface area contributed by atoms with E-state index in [0.717, 1.165) is 36.5 Å². The summed E-state index contributed by atoms with van der Waals surface area (Å²) < 4.78 is 1.81. The van der Waals surface area contributed by atoms with E-state index in [1.807, 2.05) is 40.9 Å². The van der Waals surface area contributed by atoms with Crippen LogP contribution in [-0.2, 0) is 6.54 Å². The van der Waals surface area contributed by atoms with Crippen LogP contribution in [-0.4, -0.2) is 45.6 Å². The number of nitrogens with zero attached hydrogens (tertiary/aromatic N) is 3. The number of hydrogen-bond acceptors (Lipinski definition) is 4. The molecule has 6 nitrogen and oxygen atoms in total. The van der Waals surface area contributed by atoms with Gasteiger partial charge in [-0.15, -0.1) is 11.3 Å². The van der Waals surface area contributed by atoms with Crippen LogP contribution in [0.4, 0.5) is 0 Å². The number of carbonyl (C=O) groups is 2. The molecular formula is C17H22N4O2S. The summed E-state index contributed by atoms with van der Waals surface area (Å²) in [6, 6.07) is 3.71. The Balaban J connectivity index is 1.63. The van der Waals surface area contributed by atoms with Crippen LogP contribution in [0.25, 0.3) is 0 Å². The van der Waals surface area contributed by atoms with Gasteiger partial charge in [0.05, 0.1) is 16.6 Å². The Morgan fingerprint density at radius 2 is 2.29 bits per heavy atom. The second-order valence-corrected chi connectivity index (χ2v) is 6.95. The zero-order valence-corrected chi connectivity index (χ0v) is 14.8. The Morgan fingerprint density at radius 1 is 1.46 bits per heavy atom. The van der Waals surface area contributed by atoms with Crippen molar-refractivity contribution < 1.29 is 9.59 Å². The maximum Gasteiger partial charge on any atom is 0.263 e. The minimum absolute atomic E-state index is 0.0143. The largest absolute Gasteiger partial charge is 0.347 e. The lowest BCUT2D eigenvalue weighted by Crippen LogP contribution is -2.49. The van der Waals surface area contributed by atoms with Crippen LogP contribution >= 0.6 is 11.3 Å². The summed E-state index contributed by atoms with van der Waals surface area (Å²) >= 11 is 1.45. The van der Waals surface area contributed by atoms with Gasteiger partial charge in [0.1, 0.15) is 0 Å². The van der Waals surface area contributed by atoms with Crippen molar-refractivity contribution in [1.82, 2.24) is 20.0 Å². The van der Waals surface area contributed by atoms with E-state index in [2.05, 4.69) is 10.4 Å². The highest BCUT2D eigenvalue weighted by atomic mass is 32.1. The first kappa shape index (κ1) is 16.7. The fourth-order valence-corrected chi connectivity index (χ4v) is 3.78. The van der Waals surface area contributed by atoms with Crippen LogP contribution in [0.2, 0.25) is 0 Å². The number of rotatable bonds is 4. The summed E-state index contributed by atoms with van der Waals surface area (Å²) in [5, 5.41) is 9.19. The van der Waals surface area contributed by atoms with E-state index in [4.69, 9.17) is 0 Å². The summed E-state index contributed by atoms with van der Waals surface area (Å²) in [6.45, 7) is 5.95. The predicted octanol–water partition coefficient (Wildman–Crippen LogP) is 2.31. The summed E-state index contributed by atoms with van der Waals surface area (Å²) in [4.78, 5) is 27.6. The lowest BCUT2D eigenvalue weighted by Gasteiger charge is -2.33. The van der Waals surface area contributed by atoms with Gasteiger partial charge in [0, 0.05) is 31.4 Å². The lowest BCUT2D eigenvalue weighted by molar-refractivity contribution is 0.0680. The Kier molecular flexibility index (Phi) is 4.99. The fourth-order valence-electron chi connectivity index (χ4n) is 3.09. The molecule has 0 aromatic carbocycles. The first-order valence-electron chi connectivity index (χ1n) is 8.26. The Hall–Kier alpha value is -2.15. The molecule has 3 rings (SSSR count). The highest BCUT2D eigenvalue weighted by molar-refractivity contribution is 7.12. The summed E-state index contributed by atoms with van der Waals surface area (Å²) in [6.07, 6.45) is 3.40. The number of hydrogen-bond donors (Lipinski definition) is 1. The SMILES string of the molecule is CCn1ncc(C(=O)N[C@@H]2CCCN(C(=O)c3cccs3)C2)c1C. The highest BCUT2D eigenvalue weighted by Gasteiger charge is 2.27. The molecule has 2 aromatic heterocycles. The van der Waals surface area contributed by atoms with Crippen LogP contribution in [0.1, 0.15) is 45.5 Å². The topological polar surface area (TPSA) is 67.2 Å². The molecule has 1 saturated heterocycles. The smallest absolute Gasteiger partial charge is 0.263 e. The van der Waals surface area contributed by atoms with Crippen LogP contribution in [0.15, 0.2) is 23.7 Å². The molecule has 1 N–H and O–H groups in total. The second kappa shape index (κ2) is 7.17. The van der Waals surface area contributed by atoms with Gasteiger partial charge in [-0.2, -0.15) is 5.10 Å². The van der Waals surface area contributed by atoms with Gasteiger partial charge < -0.3 is 10.2 Å². The molecule has 2 amide bonds. The third kappa shape index (κ3) is 3.36. The molecule has 1 atom stereocenters. The summed E-state index contributed by atoms with van der Waals surface area (Å²) in [7, 11) is 0. The Morgan fingerprint density at radius 3 is 2.96 bits per heavy atom. The minimum atomic E-state index is -0.109. The third-order valence-corrected chi connectivity index (χ3v) is 5.28. The van der Waals surface area contributed by atoms with Gasteiger partial charge in [-0.3, -0.25) is 14.3 Å². The minimum Gasteiger partial charge on any atom is -0.347 e. The zero-order chi connectivity index (χ0) is 17.1. The van der Waals surface area contributed by atoms with Crippen LogP contribution in [0, 0.1) is 6.92 Å². The van der Waals surface area contributed by atoms with Crippen molar-refractivity contribution in [2.24, 2.45) is 0 Å². The molecule has 24 heavy (non-hydrogen) atoms. The van der Waals surface area contributed by atoms with Crippen LogP contribution in [0.3, 0.4) is 0 Å². The number of amides is 2. The Bertz CT molecular complexity index is 723. The van der Waals surface area contributed by atoms with E-state index < -0.39 is 0 Å². The van der Waals surface area contributed by atoms with Crippen molar-refractivity contribution in [2.75, 3.05) is 13.1 Å². The molecule has 0 bridgehead atoms. The van der Waals surface area contributed by atoms with Crippen molar-refractivity contribution in [3.63, 3.8) is 0 Å². The quantitative estimate of drug-likeness (QED) is 0.924. The predicted molar refractivity (Wildman–Crippen MR) is 93.3 cm³/mol. The monoisotopic (exact) mass is 346 g/mol. The zero-order valence-electron chi connectivity index (χ0n) is 14.0. The number of nitrogens with one attached hydrogen (secondary N) is 1. The normalized spacial score (nSPS) is 17.8. The third-order valence-electron chi connectivity index (χ3n) is 4.42. The van der Waals surface area contributed by atoms with E-state index >= 15 is 0 Å². The summed E-state index contributed by atoms with van der Waals surface area (Å²) in [5.74, 6) is -0.0541. The number of carbonyl (C=O) groups excluding carboxylic acids is 2. The van der Waals surface area contributed by atoms with Gasteiger partial charge in [-0.25, -0.2) is 0 Å². The maximum absolute atomic E-state index is 12.5. The van der Waals surface area contributed by atoms with Crippen molar-refractivity contribution in [3.8, 4) is 0 Å². The standard InChI is InChI=1S/C17H22N4O2S/c1-3-21-12(2)14(10-18-21)16(22)19-13-6-4-8-20(11-13)17(23)15-7-5-9-24-15/h5,7,9-10,13H,3-4,6,8,11H2,1-2H3,(H,19,22)/t13-/m1/s1. The molecule has 0 spiro atoms. The van der Waals surface area contributed by atoms with Gasteiger partial charge in [-0.1, -0.05) is 6.07 Å². The van der Waals surface area contributed by atoms with Gasteiger partial charge in [0.15, 0.2) is 0 Å². The molecule has 0 unspecified atom stereocenters. The molecule has 0 saturated carbocycles. The fraction of sp³-hybridized carbons (Fsp3) is 0.471. The van der Waals surface area contributed by atoms with E-state index in [-0.39, 0.29) is 17.9 Å². The van der Waals surface area contributed by atoms with Gasteiger partial charge in [-0.05, 0) is 38.1 Å². The van der Waals surface area contributed by atoms with Crippen molar-refractivity contribution in [2.45, 2.75) is 39.3 Å². The summed E-state index contributed by atoms with van der Waals surface area (Å²) in [5.41, 5.74) is 1.48. The number of aromatic nitrogens is 2. The number of thiophene rings is 1. The Labute approximate surface area is 145 Å². The molecule has 1 aliphatic heterocycles. The molecule has 3 heterocycles. The molecule has 2 aromatic rings. The van der Waals surface area contributed by atoms with Gasteiger partial charge in [0.2, 0.25) is 0 Å². The van der Waals surface area contributed by atoms with E-state index in [0.29, 0.717) is 12.1 Å². The van der Waals surface area contributed by atoms with Crippen LogP contribution < -0.4 is 5.32 Å². The first-order chi connectivity index (χ1) is 11.6. The van der Waals surface area contributed by atoms with E-state index in [1.54, 1.807) is 6.20 Å². The molecule has 1 aliphatic rings. The van der Waals surface area contributed by atoms with Gasteiger partial charge >= 0.3 is 0 Å². The second-order valence-electron chi connectivity index (χ2n) is 6.00. The number of piperidine rings is 1. The van der Waals surface area contributed by atoms with Crippen molar-refractivity contribution in [3.05, 3.63) is 39.8 Å². The lowest BCUT2D eigenvalue weighted by atomic mass is 10.0. The molecule has 0 aliphatic carbocycles. The molecule has 1 fully saturated rings. The average Bonchev–Trinajstić information content (AvgIpc) is 3.24. The first-order valence-corrected chi connectivity index (χ1v) is 9.14. The van der Waals surface area contributed by atoms with Gasteiger partial charge in [0.25, 0.3) is 11.8 Å². The highest BCUT2D eigenvalue weighted by Crippen LogP contribution is 2.17. The van der Waals surface area contributed by atoms with E-state index in [1.165, 1.54) is 11.3 Å². The molecular weight excluding hydrogens is 324 g/mol. The average molecular weight is 346 g/mol. The molecule has 0 radical (unpaired) electrons. The van der Waals surface area contributed by atoms with Crippen LogP contribution in [0.5, 0.6) is 0 Å². The number of likely N-dealkylation sites (tertiary alicyclic amines) is 1. The maximum atomic E-state index is 12.5.